The van der Waals surface area contributed by atoms with E-state index in [9.17, 15) is 19.2 Å². The number of nitrogens with zero attached hydrogens (tertiary/aromatic N) is 1. The summed E-state index contributed by atoms with van der Waals surface area (Å²) in [4.78, 5) is 50.5. The molecule has 0 aromatic heterocycles. The number of amides is 4. The molecule has 0 bridgehead atoms. The van der Waals surface area contributed by atoms with Gasteiger partial charge < -0.3 is 26.2 Å². The highest BCUT2D eigenvalue weighted by molar-refractivity contribution is 5.96. The molecular weight excluding hydrogens is 374 g/mol. The van der Waals surface area contributed by atoms with Crippen molar-refractivity contribution in [3.8, 4) is 0 Å². The van der Waals surface area contributed by atoms with Crippen LogP contribution in [-0.4, -0.2) is 66.8 Å². The average molecular weight is 401 g/mol. The predicted octanol–water partition coefficient (Wildman–Crippen LogP) is -0.399. The molecule has 2 saturated heterocycles. The van der Waals surface area contributed by atoms with E-state index in [1.54, 1.807) is 29.2 Å². The van der Waals surface area contributed by atoms with Gasteiger partial charge in [-0.2, -0.15) is 0 Å². The standard InChI is InChI=1S/C20H27N5O4/c26-17(22-13-18(27)24-14-6-2-1-3-7-14)12-23-19(28)16-9-5-11-25(16)20(29)15-8-4-10-21-15/h1-3,6-7,15-16,21H,4-5,8-13H2,(H,22,26)(H,23,28)(H,24,27). The summed E-state index contributed by atoms with van der Waals surface area (Å²) in [5.41, 5.74) is 0.641. The lowest BCUT2D eigenvalue weighted by Crippen LogP contribution is -2.52. The number of anilines is 1. The molecule has 29 heavy (non-hydrogen) atoms. The highest BCUT2D eigenvalue weighted by Crippen LogP contribution is 2.20. The highest BCUT2D eigenvalue weighted by Gasteiger charge is 2.37. The minimum Gasteiger partial charge on any atom is -0.345 e. The number of rotatable bonds is 7. The zero-order chi connectivity index (χ0) is 20.6. The summed E-state index contributed by atoms with van der Waals surface area (Å²) in [6.07, 6.45) is 3.10. The molecule has 4 amide bonds. The lowest BCUT2D eigenvalue weighted by atomic mass is 10.1. The average Bonchev–Trinajstić information content (AvgIpc) is 3.43. The molecule has 0 aliphatic carbocycles. The van der Waals surface area contributed by atoms with Crippen molar-refractivity contribution in [1.29, 1.82) is 0 Å². The van der Waals surface area contributed by atoms with E-state index < -0.39 is 11.9 Å². The normalized spacial score (nSPS) is 20.9. The van der Waals surface area contributed by atoms with E-state index in [2.05, 4.69) is 21.3 Å². The molecule has 1 aromatic carbocycles. The van der Waals surface area contributed by atoms with Crippen molar-refractivity contribution in [3.05, 3.63) is 30.3 Å². The van der Waals surface area contributed by atoms with Crippen LogP contribution in [-0.2, 0) is 19.2 Å². The van der Waals surface area contributed by atoms with Crippen LogP contribution in [0.4, 0.5) is 5.69 Å². The Kier molecular flexibility index (Phi) is 7.18. The molecule has 2 heterocycles. The monoisotopic (exact) mass is 401 g/mol. The maximum Gasteiger partial charge on any atom is 0.243 e. The van der Waals surface area contributed by atoms with E-state index in [1.165, 1.54) is 0 Å². The molecule has 0 radical (unpaired) electrons. The lowest BCUT2D eigenvalue weighted by molar-refractivity contribution is -0.140. The fourth-order valence-corrected chi connectivity index (χ4v) is 3.65. The minimum atomic E-state index is -0.543. The summed E-state index contributed by atoms with van der Waals surface area (Å²) < 4.78 is 0. The zero-order valence-electron chi connectivity index (χ0n) is 16.3. The van der Waals surface area contributed by atoms with Crippen LogP contribution in [0.25, 0.3) is 0 Å². The van der Waals surface area contributed by atoms with Gasteiger partial charge in [0.25, 0.3) is 0 Å². The molecule has 1 aromatic rings. The first-order valence-corrected chi connectivity index (χ1v) is 9.98. The summed E-state index contributed by atoms with van der Waals surface area (Å²) in [6.45, 7) is 0.947. The SMILES string of the molecule is O=C(CNC(=O)C1CCCN1C(=O)C1CCCN1)NCC(=O)Nc1ccccc1. The fraction of sp³-hybridized carbons (Fsp3) is 0.500. The second-order valence-electron chi connectivity index (χ2n) is 7.25. The van der Waals surface area contributed by atoms with Gasteiger partial charge in [0, 0.05) is 12.2 Å². The lowest BCUT2D eigenvalue weighted by Gasteiger charge is -2.26. The van der Waals surface area contributed by atoms with Crippen LogP contribution >= 0.6 is 0 Å². The minimum absolute atomic E-state index is 0.0396. The zero-order valence-corrected chi connectivity index (χ0v) is 16.3. The molecule has 9 heteroatoms. The van der Waals surface area contributed by atoms with Gasteiger partial charge in [0.05, 0.1) is 19.1 Å². The van der Waals surface area contributed by atoms with Gasteiger partial charge in [0.15, 0.2) is 0 Å². The molecule has 2 fully saturated rings. The van der Waals surface area contributed by atoms with Gasteiger partial charge in [-0.15, -0.1) is 0 Å². The molecule has 2 aliphatic rings. The van der Waals surface area contributed by atoms with Crippen molar-refractivity contribution in [2.45, 2.75) is 37.8 Å². The van der Waals surface area contributed by atoms with Crippen LogP contribution in [0, 0.1) is 0 Å². The first-order chi connectivity index (χ1) is 14.0. The fourth-order valence-electron chi connectivity index (χ4n) is 3.65. The number of benzene rings is 1. The van der Waals surface area contributed by atoms with Gasteiger partial charge in [0.2, 0.25) is 23.6 Å². The third-order valence-electron chi connectivity index (χ3n) is 5.12. The Morgan fingerprint density at radius 2 is 1.72 bits per heavy atom. The number of para-hydroxylation sites is 1. The van der Waals surface area contributed by atoms with Crippen molar-refractivity contribution in [3.63, 3.8) is 0 Å². The van der Waals surface area contributed by atoms with Crippen LogP contribution in [0.2, 0.25) is 0 Å². The van der Waals surface area contributed by atoms with E-state index in [1.807, 2.05) is 6.07 Å². The molecule has 9 nitrogen and oxygen atoms in total. The quantitative estimate of drug-likeness (QED) is 0.496. The summed E-state index contributed by atoms with van der Waals surface area (Å²) in [6, 6.07) is 8.16. The third-order valence-corrected chi connectivity index (χ3v) is 5.12. The number of carbonyl (C=O) groups is 4. The van der Waals surface area contributed by atoms with Crippen LogP contribution < -0.4 is 21.3 Å². The second kappa shape index (κ2) is 10.0. The van der Waals surface area contributed by atoms with E-state index in [0.29, 0.717) is 18.7 Å². The molecule has 2 unspecified atom stereocenters. The van der Waals surface area contributed by atoms with Crippen molar-refractivity contribution in [1.82, 2.24) is 20.9 Å². The summed E-state index contributed by atoms with van der Waals surface area (Å²) in [5.74, 6) is -1.19. The molecule has 156 valence electrons. The number of carbonyl (C=O) groups excluding carboxylic acids is 4. The smallest absolute Gasteiger partial charge is 0.243 e. The Bertz CT molecular complexity index is 748. The van der Waals surface area contributed by atoms with Crippen molar-refractivity contribution < 1.29 is 19.2 Å². The maximum atomic E-state index is 12.6. The van der Waals surface area contributed by atoms with Gasteiger partial charge in [-0.3, -0.25) is 19.2 Å². The first-order valence-electron chi connectivity index (χ1n) is 9.98. The predicted molar refractivity (Wildman–Crippen MR) is 107 cm³/mol. The van der Waals surface area contributed by atoms with E-state index in [4.69, 9.17) is 0 Å². The Hall–Kier alpha value is -2.94. The Labute approximate surface area is 169 Å². The Balaban J connectivity index is 1.39. The first kappa shape index (κ1) is 20.8. The Morgan fingerprint density at radius 1 is 0.966 bits per heavy atom. The molecule has 4 N–H and O–H groups in total. The van der Waals surface area contributed by atoms with Gasteiger partial charge in [-0.25, -0.2) is 0 Å². The van der Waals surface area contributed by atoms with Crippen LogP contribution in [0.15, 0.2) is 30.3 Å². The summed E-state index contributed by atoms with van der Waals surface area (Å²) in [7, 11) is 0. The van der Waals surface area contributed by atoms with Gasteiger partial charge in [0.1, 0.15) is 6.04 Å². The molecule has 2 atom stereocenters. The molecule has 0 spiro atoms. The van der Waals surface area contributed by atoms with Crippen molar-refractivity contribution >= 4 is 29.3 Å². The Morgan fingerprint density at radius 3 is 2.45 bits per heavy atom. The number of hydrogen-bond acceptors (Lipinski definition) is 5. The van der Waals surface area contributed by atoms with Gasteiger partial charge in [-0.1, -0.05) is 18.2 Å². The van der Waals surface area contributed by atoms with Gasteiger partial charge >= 0.3 is 0 Å². The maximum absolute atomic E-state index is 12.6. The topological polar surface area (TPSA) is 120 Å². The largest absolute Gasteiger partial charge is 0.345 e. The van der Waals surface area contributed by atoms with Crippen molar-refractivity contribution in [2.75, 3.05) is 31.5 Å². The van der Waals surface area contributed by atoms with E-state index in [-0.39, 0.29) is 36.9 Å². The van der Waals surface area contributed by atoms with Crippen LogP contribution in [0.3, 0.4) is 0 Å². The molecule has 3 rings (SSSR count). The molecular formula is C20H27N5O4. The summed E-state index contributed by atoms with van der Waals surface area (Å²) >= 11 is 0. The summed E-state index contributed by atoms with van der Waals surface area (Å²) in [5, 5.41) is 10.9. The van der Waals surface area contributed by atoms with E-state index in [0.717, 1.165) is 25.8 Å². The number of likely N-dealkylation sites (tertiary alicyclic amines) is 1. The highest BCUT2D eigenvalue weighted by atomic mass is 16.2. The van der Waals surface area contributed by atoms with E-state index >= 15 is 0 Å². The molecule has 0 saturated carbocycles. The third kappa shape index (κ3) is 5.77. The van der Waals surface area contributed by atoms with Crippen LogP contribution in [0.1, 0.15) is 25.7 Å². The second-order valence-corrected chi connectivity index (χ2v) is 7.25. The van der Waals surface area contributed by atoms with Crippen molar-refractivity contribution in [2.24, 2.45) is 0 Å². The number of hydrogen-bond donors (Lipinski definition) is 4. The number of nitrogens with one attached hydrogen (secondary N) is 4. The van der Waals surface area contributed by atoms with Crippen LogP contribution in [0.5, 0.6) is 0 Å². The van der Waals surface area contributed by atoms with Gasteiger partial charge in [-0.05, 0) is 44.4 Å². The molecule has 2 aliphatic heterocycles.